The molecule has 6 unspecified atom stereocenters. The van der Waals surface area contributed by atoms with Crippen LogP contribution in [0.4, 0.5) is 0 Å². The fraction of sp³-hybridized carbons (Fsp3) is 0.640. The number of hydrogen-bond donors (Lipinski definition) is 2. The van der Waals surface area contributed by atoms with Crippen LogP contribution in [0.25, 0.3) is 0 Å². The van der Waals surface area contributed by atoms with Crippen molar-refractivity contribution in [3.05, 3.63) is 34.9 Å². The van der Waals surface area contributed by atoms with E-state index in [-0.39, 0.29) is 36.4 Å². The number of hydrogen-bond acceptors (Lipinski definition) is 7. The van der Waals surface area contributed by atoms with E-state index < -0.39 is 17.1 Å². The average molecular weight is 453 g/mol. The van der Waals surface area contributed by atoms with Gasteiger partial charge in [-0.25, -0.2) is 4.99 Å². The van der Waals surface area contributed by atoms with E-state index in [2.05, 4.69) is 19.9 Å². The Morgan fingerprint density at radius 2 is 2.18 bits per heavy atom. The largest absolute Gasteiger partial charge is 0.393 e. The normalized spacial score (nSPS) is 37.9. The molecule has 1 saturated carbocycles. The summed E-state index contributed by atoms with van der Waals surface area (Å²) in [6.45, 7) is 5.87. The first kappa shape index (κ1) is 22.3. The number of aliphatic hydroxyl groups is 1. The van der Waals surface area contributed by atoms with Gasteiger partial charge in [0.05, 0.1) is 50.2 Å². The number of guanidine groups is 1. The molecule has 8 heteroatoms. The summed E-state index contributed by atoms with van der Waals surface area (Å²) in [6, 6.07) is 7.80. The maximum absolute atomic E-state index is 14.3. The summed E-state index contributed by atoms with van der Waals surface area (Å²) in [5.41, 5.74) is 7.08. The molecule has 2 heterocycles. The Kier molecular flexibility index (Phi) is 5.47. The average Bonchev–Trinajstić information content (AvgIpc) is 3.23. The number of benzene rings is 1. The number of rotatable bonds is 3. The van der Waals surface area contributed by atoms with Crippen LogP contribution in [0.2, 0.25) is 0 Å². The van der Waals surface area contributed by atoms with Crippen LogP contribution in [0.1, 0.15) is 49.8 Å². The van der Waals surface area contributed by atoms with Crippen LogP contribution in [0.15, 0.2) is 23.2 Å². The van der Waals surface area contributed by atoms with E-state index in [1.165, 1.54) is 0 Å². The minimum Gasteiger partial charge on any atom is -0.393 e. The topological polar surface area (TPSA) is 121 Å². The van der Waals surface area contributed by atoms with Gasteiger partial charge in [-0.2, -0.15) is 5.26 Å². The Morgan fingerprint density at radius 3 is 2.88 bits per heavy atom. The van der Waals surface area contributed by atoms with Gasteiger partial charge in [-0.3, -0.25) is 9.69 Å². The van der Waals surface area contributed by atoms with Crippen LogP contribution in [0.5, 0.6) is 0 Å². The van der Waals surface area contributed by atoms with E-state index in [1.807, 2.05) is 12.1 Å². The molecule has 2 fully saturated rings. The third-order valence-electron chi connectivity index (χ3n) is 8.27. The van der Waals surface area contributed by atoms with E-state index in [9.17, 15) is 15.2 Å². The van der Waals surface area contributed by atoms with Gasteiger partial charge in [0, 0.05) is 5.41 Å². The van der Waals surface area contributed by atoms with Gasteiger partial charge in [0.2, 0.25) is 0 Å². The second-order valence-corrected chi connectivity index (χ2v) is 10.1. The number of carbonyl (C=O) groups excluding carboxylic acids is 1. The predicted molar refractivity (Wildman–Crippen MR) is 121 cm³/mol. The second kappa shape index (κ2) is 8.08. The quantitative estimate of drug-likeness (QED) is 0.720. The second-order valence-electron chi connectivity index (χ2n) is 10.1. The third kappa shape index (κ3) is 3.21. The highest BCUT2D eigenvalue weighted by Crippen LogP contribution is 2.63. The van der Waals surface area contributed by atoms with Crippen molar-refractivity contribution in [3.8, 4) is 6.07 Å². The van der Waals surface area contributed by atoms with E-state index >= 15 is 0 Å². The van der Waals surface area contributed by atoms with Crippen LogP contribution < -0.4 is 5.73 Å². The molecule has 1 saturated heterocycles. The van der Waals surface area contributed by atoms with Crippen molar-refractivity contribution in [3.63, 3.8) is 0 Å². The first-order valence-electron chi connectivity index (χ1n) is 11.9. The first-order chi connectivity index (χ1) is 15.8. The minimum atomic E-state index is -1.18. The Labute approximate surface area is 194 Å². The highest BCUT2D eigenvalue weighted by Gasteiger charge is 2.68. The number of fused-ring (bicyclic) bond motifs is 3. The Bertz CT molecular complexity index is 1030. The summed E-state index contributed by atoms with van der Waals surface area (Å²) >= 11 is 0. The van der Waals surface area contributed by atoms with Crippen LogP contribution in [-0.2, 0) is 26.2 Å². The maximum atomic E-state index is 14.3. The lowest BCUT2D eigenvalue weighted by Gasteiger charge is -2.50. The molecule has 4 aliphatic rings. The van der Waals surface area contributed by atoms with Gasteiger partial charge in [0.1, 0.15) is 0 Å². The summed E-state index contributed by atoms with van der Waals surface area (Å²) in [5.74, 6) is 0.138. The smallest absolute Gasteiger partial charge is 0.262 e. The number of nitrogens with zero attached hydrogens (tertiary/aromatic N) is 3. The number of carbonyl (C=O) groups is 1. The zero-order chi connectivity index (χ0) is 23.4. The summed E-state index contributed by atoms with van der Waals surface area (Å²) < 4.78 is 11.3. The fourth-order valence-electron chi connectivity index (χ4n) is 6.77. The van der Waals surface area contributed by atoms with Gasteiger partial charge in [0.25, 0.3) is 5.91 Å². The summed E-state index contributed by atoms with van der Waals surface area (Å²) in [7, 11) is 0. The monoisotopic (exact) mass is 452 g/mol. The van der Waals surface area contributed by atoms with Gasteiger partial charge in [-0.15, -0.1) is 0 Å². The van der Waals surface area contributed by atoms with Crippen molar-refractivity contribution in [2.45, 2.75) is 57.3 Å². The number of nitriles is 1. The van der Waals surface area contributed by atoms with Crippen LogP contribution in [0.3, 0.4) is 0 Å². The first-order valence-corrected chi connectivity index (χ1v) is 11.9. The molecule has 33 heavy (non-hydrogen) atoms. The highest BCUT2D eigenvalue weighted by molar-refractivity contribution is 6.08. The van der Waals surface area contributed by atoms with Gasteiger partial charge in [-0.1, -0.05) is 26.3 Å². The molecular weight excluding hydrogens is 420 g/mol. The lowest BCUT2D eigenvalue weighted by molar-refractivity contribution is -0.145. The Balaban J connectivity index is 1.62. The minimum absolute atomic E-state index is 0.0266. The zero-order valence-corrected chi connectivity index (χ0v) is 19.3. The van der Waals surface area contributed by atoms with E-state index in [0.717, 1.165) is 17.5 Å². The lowest BCUT2D eigenvalue weighted by Crippen LogP contribution is -2.56. The summed E-state index contributed by atoms with van der Waals surface area (Å²) in [4.78, 5) is 20.8. The van der Waals surface area contributed by atoms with Crippen molar-refractivity contribution in [1.29, 1.82) is 5.26 Å². The van der Waals surface area contributed by atoms with E-state index in [1.54, 1.807) is 11.0 Å². The fourth-order valence-corrected chi connectivity index (χ4v) is 6.77. The van der Waals surface area contributed by atoms with Gasteiger partial charge in [0.15, 0.2) is 11.5 Å². The highest BCUT2D eigenvalue weighted by atomic mass is 16.6. The molecule has 176 valence electrons. The third-order valence-corrected chi connectivity index (χ3v) is 8.27. The van der Waals surface area contributed by atoms with E-state index in [4.69, 9.17) is 20.2 Å². The molecule has 2 spiro atoms. The Hall–Kier alpha value is -2.47. The molecule has 1 aromatic carbocycles. The summed E-state index contributed by atoms with van der Waals surface area (Å²) in [5, 5.41) is 20.4. The van der Waals surface area contributed by atoms with Gasteiger partial charge < -0.3 is 20.3 Å². The number of amides is 1. The van der Waals surface area contributed by atoms with Crippen LogP contribution in [-0.4, -0.2) is 60.4 Å². The molecule has 6 atom stereocenters. The Morgan fingerprint density at radius 1 is 1.36 bits per heavy atom. The number of aliphatic imine (C=N–C) groups is 1. The number of nitrogens with two attached hydrogens (primary N) is 1. The number of ether oxygens (including phenoxy) is 2. The van der Waals surface area contributed by atoms with Crippen LogP contribution in [0, 0.1) is 28.6 Å². The molecule has 0 aromatic heterocycles. The van der Waals surface area contributed by atoms with Crippen molar-refractivity contribution in [2.24, 2.45) is 28.0 Å². The van der Waals surface area contributed by atoms with Gasteiger partial charge >= 0.3 is 0 Å². The lowest BCUT2D eigenvalue weighted by atomic mass is 9.56. The molecule has 0 bridgehead atoms. The van der Waals surface area contributed by atoms with Crippen LogP contribution >= 0.6 is 0 Å². The molecule has 2 aliphatic carbocycles. The van der Waals surface area contributed by atoms with Crippen molar-refractivity contribution in [2.75, 3.05) is 26.4 Å². The standard InChI is InChI=1S/C25H32N4O4/c1-3-17-10-24(9-15(2)21(17)30)11-18-5-4-16(12-26)8-20(18)25(24)22(31)29(23(27)28-25)13-19-14-32-6-7-33-19/h4-5,8,15,17,19,21,30H,3,6-7,9-11,13-14H2,1-2H3,(H2,27,28). The molecule has 1 amide bonds. The molecular formula is C25H32N4O4. The predicted octanol–water partition coefficient (Wildman–Crippen LogP) is 1.69. The zero-order valence-electron chi connectivity index (χ0n) is 19.3. The van der Waals surface area contributed by atoms with E-state index in [0.29, 0.717) is 44.6 Å². The maximum Gasteiger partial charge on any atom is 0.262 e. The molecule has 5 rings (SSSR count). The molecule has 2 aliphatic heterocycles. The molecule has 8 nitrogen and oxygen atoms in total. The molecule has 1 aromatic rings. The summed E-state index contributed by atoms with van der Waals surface area (Å²) in [6.07, 6.45) is 2.20. The molecule has 3 N–H and O–H groups in total. The van der Waals surface area contributed by atoms with Gasteiger partial charge in [-0.05, 0) is 54.4 Å². The SMILES string of the molecule is CCC1CC2(Cc3ccc(C#N)cc3C23N=C(N)N(CC2COCCO2)C3=O)CC(C)C1O. The molecule has 0 radical (unpaired) electrons. The van der Waals surface area contributed by atoms with Crippen molar-refractivity contribution in [1.82, 2.24) is 4.90 Å². The van der Waals surface area contributed by atoms with Crippen molar-refractivity contribution < 1.29 is 19.4 Å². The van der Waals surface area contributed by atoms with Crippen molar-refractivity contribution >= 4 is 11.9 Å². The number of aliphatic hydroxyl groups excluding tert-OH is 1.